The van der Waals surface area contributed by atoms with E-state index >= 15 is 0 Å². The minimum atomic E-state index is 0.176. The van der Waals surface area contributed by atoms with Gasteiger partial charge in [0.15, 0.2) is 0 Å². The molecule has 1 aliphatic rings. The first kappa shape index (κ1) is 25.0. The molecule has 0 fully saturated rings. The number of nitrogens with one attached hydrogen (secondary N) is 1. The Bertz CT molecular complexity index is 1550. The Morgan fingerprint density at radius 1 is 0.641 bits per heavy atom. The second-order valence-corrected chi connectivity index (χ2v) is 10.6. The molecule has 5 aromatic rings. The van der Waals surface area contributed by atoms with Gasteiger partial charge in [0, 0.05) is 22.5 Å². The van der Waals surface area contributed by atoms with Crippen LogP contribution in [0.4, 0.5) is 5.69 Å². The molecule has 0 spiro atoms. The molecule has 0 saturated heterocycles. The van der Waals surface area contributed by atoms with E-state index in [9.17, 15) is 0 Å². The topological polar surface area (TPSA) is 24.4 Å². The fourth-order valence-corrected chi connectivity index (χ4v) is 6.15. The SMILES string of the molecule is CC(C1=NC(c2ccccc2)CS1)=C(Nc1c(-c2ccccc2)cccc1-c1ccccc1)c1ccccc1. The highest BCUT2D eigenvalue weighted by Gasteiger charge is 2.24. The Morgan fingerprint density at radius 3 is 1.72 bits per heavy atom. The van der Waals surface area contributed by atoms with E-state index in [2.05, 4.69) is 152 Å². The molecule has 0 bridgehead atoms. The molecule has 1 heterocycles. The van der Waals surface area contributed by atoms with Crippen molar-refractivity contribution in [2.45, 2.75) is 13.0 Å². The number of hydrogen-bond acceptors (Lipinski definition) is 3. The van der Waals surface area contributed by atoms with Crippen LogP contribution in [0.25, 0.3) is 28.0 Å². The van der Waals surface area contributed by atoms with Crippen LogP contribution in [0, 0.1) is 0 Å². The molecule has 1 unspecified atom stereocenters. The Kier molecular flexibility index (Phi) is 7.42. The van der Waals surface area contributed by atoms with Crippen molar-refractivity contribution in [3.8, 4) is 22.3 Å². The number of benzene rings is 5. The third kappa shape index (κ3) is 5.45. The highest BCUT2D eigenvalue weighted by Crippen LogP contribution is 2.41. The van der Waals surface area contributed by atoms with E-state index < -0.39 is 0 Å². The van der Waals surface area contributed by atoms with E-state index in [1.54, 1.807) is 0 Å². The monoisotopic (exact) mass is 522 g/mol. The molecule has 1 N–H and O–H groups in total. The summed E-state index contributed by atoms with van der Waals surface area (Å²) in [5.74, 6) is 0.953. The number of rotatable bonds is 7. The summed E-state index contributed by atoms with van der Waals surface area (Å²) in [5, 5.41) is 5.04. The first-order valence-electron chi connectivity index (χ1n) is 13.3. The van der Waals surface area contributed by atoms with Crippen LogP contribution in [-0.2, 0) is 0 Å². The van der Waals surface area contributed by atoms with E-state index in [4.69, 9.17) is 4.99 Å². The summed E-state index contributed by atoms with van der Waals surface area (Å²) in [6.07, 6.45) is 0. The normalized spacial score (nSPS) is 15.4. The van der Waals surface area contributed by atoms with Crippen LogP contribution < -0.4 is 5.32 Å². The average molecular weight is 523 g/mol. The van der Waals surface area contributed by atoms with Gasteiger partial charge in [0.1, 0.15) is 0 Å². The van der Waals surface area contributed by atoms with Crippen molar-refractivity contribution in [3.05, 3.63) is 156 Å². The van der Waals surface area contributed by atoms with Gasteiger partial charge in [0.2, 0.25) is 0 Å². The summed E-state index contributed by atoms with van der Waals surface area (Å²) in [5.41, 5.74) is 10.4. The van der Waals surface area contributed by atoms with E-state index in [1.165, 1.54) is 27.8 Å². The van der Waals surface area contributed by atoms with E-state index in [-0.39, 0.29) is 6.04 Å². The molecule has 5 aromatic carbocycles. The average Bonchev–Trinajstić information content (AvgIpc) is 3.52. The predicted molar refractivity (Wildman–Crippen MR) is 169 cm³/mol. The zero-order valence-electron chi connectivity index (χ0n) is 21.9. The van der Waals surface area contributed by atoms with Gasteiger partial charge in [-0.1, -0.05) is 140 Å². The maximum atomic E-state index is 5.19. The highest BCUT2D eigenvalue weighted by molar-refractivity contribution is 8.14. The minimum Gasteiger partial charge on any atom is -0.354 e. The molecular formula is C36H30N2S. The van der Waals surface area contributed by atoms with E-state index in [0.717, 1.165) is 33.3 Å². The summed E-state index contributed by atoms with van der Waals surface area (Å²) in [7, 11) is 0. The Balaban J connectivity index is 1.50. The van der Waals surface area contributed by atoms with Gasteiger partial charge in [-0.05, 0) is 29.2 Å². The number of para-hydroxylation sites is 1. The molecule has 1 atom stereocenters. The molecule has 0 amide bonds. The lowest BCUT2D eigenvalue weighted by molar-refractivity contribution is 0.849. The lowest BCUT2D eigenvalue weighted by atomic mass is 9.95. The standard InChI is InChI=1S/C36H30N2S/c1-26(36-37-33(25-39-36)29-19-10-4-11-20-29)34(30-21-12-5-13-22-30)38-35-31(27-15-6-2-7-16-27)23-14-24-32(35)28-17-8-3-9-18-28/h2-24,33,38H,25H2,1H3. The van der Waals surface area contributed by atoms with Crippen molar-refractivity contribution in [3.63, 3.8) is 0 Å². The van der Waals surface area contributed by atoms with Crippen molar-refractivity contribution in [2.75, 3.05) is 11.1 Å². The summed E-state index contributed by atoms with van der Waals surface area (Å²) in [6.45, 7) is 2.20. The fraction of sp³-hybridized carbons (Fsp3) is 0.0833. The Hall–Kier alpha value is -4.34. The molecule has 0 saturated carbocycles. The van der Waals surface area contributed by atoms with Gasteiger partial charge >= 0.3 is 0 Å². The van der Waals surface area contributed by atoms with Crippen molar-refractivity contribution in [2.24, 2.45) is 4.99 Å². The molecule has 6 rings (SSSR count). The summed E-state index contributed by atoms with van der Waals surface area (Å²) in [4.78, 5) is 5.19. The van der Waals surface area contributed by atoms with Crippen molar-refractivity contribution in [1.29, 1.82) is 0 Å². The molecule has 2 nitrogen and oxygen atoms in total. The number of aliphatic imine (C=N–C) groups is 1. The summed E-state index contributed by atoms with van der Waals surface area (Å²) >= 11 is 1.84. The number of hydrogen-bond donors (Lipinski definition) is 1. The smallest absolute Gasteiger partial charge is 0.0963 e. The summed E-state index contributed by atoms with van der Waals surface area (Å²) < 4.78 is 0. The van der Waals surface area contributed by atoms with Crippen LogP contribution in [0.2, 0.25) is 0 Å². The van der Waals surface area contributed by atoms with Crippen LogP contribution in [0.5, 0.6) is 0 Å². The first-order chi connectivity index (χ1) is 19.3. The molecule has 190 valence electrons. The predicted octanol–water partition coefficient (Wildman–Crippen LogP) is 9.75. The largest absolute Gasteiger partial charge is 0.354 e. The third-order valence-electron chi connectivity index (χ3n) is 7.08. The maximum absolute atomic E-state index is 5.19. The van der Waals surface area contributed by atoms with Crippen molar-refractivity contribution >= 4 is 28.2 Å². The molecule has 0 radical (unpaired) electrons. The Morgan fingerprint density at radius 2 is 1.15 bits per heavy atom. The van der Waals surface area contributed by atoms with Crippen LogP contribution in [-0.4, -0.2) is 10.8 Å². The van der Waals surface area contributed by atoms with Crippen LogP contribution in [0.1, 0.15) is 24.1 Å². The third-order valence-corrected chi connectivity index (χ3v) is 8.25. The first-order valence-corrected chi connectivity index (χ1v) is 14.3. The second kappa shape index (κ2) is 11.6. The molecule has 3 heteroatoms. The van der Waals surface area contributed by atoms with Crippen molar-refractivity contribution < 1.29 is 0 Å². The Labute approximate surface area is 235 Å². The highest BCUT2D eigenvalue weighted by atomic mass is 32.2. The van der Waals surface area contributed by atoms with Gasteiger partial charge in [0.05, 0.1) is 22.5 Å². The maximum Gasteiger partial charge on any atom is 0.0963 e. The van der Waals surface area contributed by atoms with Crippen LogP contribution in [0.15, 0.2) is 150 Å². The zero-order chi connectivity index (χ0) is 26.4. The molecular weight excluding hydrogens is 492 g/mol. The van der Waals surface area contributed by atoms with Crippen LogP contribution in [0.3, 0.4) is 0 Å². The molecule has 1 aliphatic heterocycles. The second-order valence-electron chi connectivity index (χ2n) is 9.62. The molecule has 0 aromatic heterocycles. The van der Waals surface area contributed by atoms with Gasteiger partial charge in [-0.15, -0.1) is 11.8 Å². The minimum absolute atomic E-state index is 0.176. The fourth-order valence-electron chi connectivity index (χ4n) is 5.05. The van der Waals surface area contributed by atoms with Gasteiger partial charge in [-0.3, -0.25) is 4.99 Å². The van der Waals surface area contributed by atoms with E-state index in [0.29, 0.717) is 0 Å². The van der Waals surface area contributed by atoms with Crippen LogP contribution >= 0.6 is 11.8 Å². The lowest BCUT2D eigenvalue weighted by Gasteiger charge is -2.21. The van der Waals surface area contributed by atoms with Gasteiger partial charge in [-0.2, -0.15) is 0 Å². The summed E-state index contributed by atoms with van der Waals surface area (Å²) in [6, 6.07) is 49.2. The molecule has 0 aliphatic carbocycles. The number of anilines is 1. The molecule has 39 heavy (non-hydrogen) atoms. The van der Waals surface area contributed by atoms with E-state index in [1.807, 2.05) is 11.8 Å². The quantitative estimate of drug-likeness (QED) is 0.230. The van der Waals surface area contributed by atoms with Gasteiger partial charge < -0.3 is 5.32 Å². The van der Waals surface area contributed by atoms with Crippen molar-refractivity contribution in [1.82, 2.24) is 0 Å². The van der Waals surface area contributed by atoms with Gasteiger partial charge in [-0.25, -0.2) is 0 Å². The number of nitrogens with zero attached hydrogens (tertiary/aromatic N) is 1. The van der Waals surface area contributed by atoms with Gasteiger partial charge in [0.25, 0.3) is 0 Å². The zero-order valence-corrected chi connectivity index (χ0v) is 22.7. The number of thioether (sulfide) groups is 1. The lowest BCUT2D eigenvalue weighted by Crippen LogP contribution is -2.08.